The average molecular weight is 204 g/mol. The van der Waals surface area contributed by atoms with Gasteiger partial charge in [-0.15, -0.1) is 0 Å². The van der Waals surface area contributed by atoms with Crippen molar-refractivity contribution in [3.05, 3.63) is 23.3 Å². The van der Waals surface area contributed by atoms with Crippen LogP contribution in [0, 0.1) is 11.3 Å². The largest absolute Gasteiger partial charge is 0.507 e. The summed E-state index contributed by atoms with van der Waals surface area (Å²) in [6.07, 6.45) is 1.36. The van der Waals surface area contributed by atoms with Crippen LogP contribution in [-0.4, -0.2) is 18.3 Å². The van der Waals surface area contributed by atoms with Crippen LogP contribution in [0.15, 0.2) is 17.1 Å². The van der Waals surface area contributed by atoms with Crippen molar-refractivity contribution in [1.82, 2.24) is 0 Å². The number of methoxy groups -OCH3 is 1. The highest BCUT2D eigenvalue weighted by Gasteiger charge is 2.08. The van der Waals surface area contributed by atoms with Crippen molar-refractivity contribution >= 4 is 6.08 Å². The number of nitrogens with zero attached hydrogens (tertiary/aromatic N) is 2. The predicted molar refractivity (Wildman–Crippen MR) is 51.2 cm³/mol. The van der Waals surface area contributed by atoms with E-state index in [2.05, 4.69) is 4.99 Å². The molecule has 0 radical (unpaired) electrons. The van der Waals surface area contributed by atoms with Crippen molar-refractivity contribution in [3.8, 4) is 17.6 Å². The van der Waals surface area contributed by atoms with Crippen LogP contribution in [0.25, 0.3) is 0 Å². The van der Waals surface area contributed by atoms with E-state index in [0.29, 0.717) is 5.56 Å². The van der Waals surface area contributed by atoms with Crippen molar-refractivity contribution < 1.29 is 14.6 Å². The van der Waals surface area contributed by atoms with Gasteiger partial charge >= 0.3 is 0 Å². The van der Waals surface area contributed by atoms with Crippen LogP contribution >= 0.6 is 0 Å². The quantitative estimate of drug-likeness (QED) is 0.590. The number of hydrogen-bond acceptors (Lipinski definition) is 5. The van der Waals surface area contributed by atoms with Crippen LogP contribution in [0.1, 0.15) is 11.1 Å². The Morgan fingerprint density at radius 3 is 2.87 bits per heavy atom. The molecule has 0 aliphatic rings. The summed E-state index contributed by atoms with van der Waals surface area (Å²) in [4.78, 5) is 13.2. The highest BCUT2D eigenvalue weighted by atomic mass is 16.5. The molecular weight excluding hydrogens is 196 g/mol. The van der Waals surface area contributed by atoms with Gasteiger partial charge in [0, 0.05) is 11.6 Å². The standard InChI is InChI=1S/C10H8N2O3/c1-15-10-3-9(14)8(5-12-6-13)2-7(10)4-11/h2-3,14H,5H2,1H3. The minimum absolute atomic E-state index is 0.00594. The molecular formula is C10H8N2O3. The fraction of sp³-hybridized carbons (Fsp3) is 0.200. The van der Waals surface area contributed by atoms with Crippen molar-refractivity contribution in [3.63, 3.8) is 0 Å². The Balaban J connectivity index is 3.20. The number of phenolic OH excluding ortho intramolecular Hbond substituents is 1. The second kappa shape index (κ2) is 4.80. The van der Waals surface area contributed by atoms with Crippen LogP contribution in [-0.2, 0) is 11.3 Å². The zero-order valence-electron chi connectivity index (χ0n) is 8.02. The minimum Gasteiger partial charge on any atom is -0.507 e. The van der Waals surface area contributed by atoms with E-state index in [0.717, 1.165) is 0 Å². The lowest BCUT2D eigenvalue weighted by Gasteiger charge is -2.06. The van der Waals surface area contributed by atoms with Gasteiger partial charge in [-0.1, -0.05) is 0 Å². The first-order chi connectivity index (χ1) is 7.22. The SMILES string of the molecule is COc1cc(O)c(CN=C=O)cc1C#N. The first-order valence-corrected chi connectivity index (χ1v) is 4.06. The number of carbonyl (C=O) groups excluding carboxylic acids is 1. The Morgan fingerprint density at radius 1 is 1.60 bits per heavy atom. The number of isocyanates is 1. The molecule has 0 unspecified atom stereocenters. The van der Waals surface area contributed by atoms with Crippen LogP contribution < -0.4 is 4.74 Å². The van der Waals surface area contributed by atoms with E-state index in [4.69, 9.17) is 10.00 Å². The molecule has 0 aliphatic carbocycles. The summed E-state index contributed by atoms with van der Waals surface area (Å²) in [5, 5.41) is 18.3. The Morgan fingerprint density at radius 2 is 2.33 bits per heavy atom. The third-order valence-corrected chi connectivity index (χ3v) is 1.84. The molecule has 1 N–H and O–H groups in total. The van der Waals surface area contributed by atoms with E-state index in [1.165, 1.54) is 25.3 Å². The monoisotopic (exact) mass is 204 g/mol. The summed E-state index contributed by atoms with van der Waals surface area (Å²) in [6.45, 7) is -0.00594. The number of ether oxygens (including phenoxy) is 1. The highest BCUT2D eigenvalue weighted by molar-refractivity contribution is 5.51. The smallest absolute Gasteiger partial charge is 0.235 e. The Kier molecular flexibility index (Phi) is 3.44. The van der Waals surface area contributed by atoms with Crippen molar-refractivity contribution in [2.24, 2.45) is 4.99 Å². The zero-order valence-corrected chi connectivity index (χ0v) is 8.02. The second-order valence-corrected chi connectivity index (χ2v) is 2.70. The van der Waals surface area contributed by atoms with Crippen LogP contribution in [0.3, 0.4) is 0 Å². The maximum absolute atomic E-state index is 9.90. The number of aromatic hydroxyl groups is 1. The third-order valence-electron chi connectivity index (χ3n) is 1.84. The lowest BCUT2D eigenvalue weighted by Crippen LogP contribution is -1.91. The molecule has 0 saturated heterocycles. The Hall–Kier alpha value is -2.31. The van der Waals surface area contributed by atoms with Gasteiger partial charge in [0.2, 0.25) is 6.08 Å². The molecule has 1 aromatic rings. The molecule has 0 amide bonds. The molecule has 0 heterocycles. The molecule has 76 valence electrons. The van der Waals surface area contributed by atoms with Gasteiger partial charge in [0.25, 0.3) is 0 Å². The maximum atomic E-state index is 9.90. The minimum atomic E-state index is -0.0650. The summed E-state index contributed by atoms with van der Waals surface area (Å²) in [5.41, 5.74) is 0.669. The summed E-state index contributed by atoms with van der Waals surface area (Å²) in [7, 11) is 1.40. The van der Waals surface area contributed by atoms with Crippen molar-refractivity contribution in [1.29, 1.82) is 5.26 Å². The van der Waals surface area contributed by atoms with Gasteiger partial charge in [0.05, 0.1) is 19.2 Å². The van der Waals surface area contributed by atoms with E-state index < -0.39 is 0 Å². The average Bonchev–Trinajstić information content (AvgIpc) is 2.27. The molecule has 5 heteroatoms. The topological polar surface area (TPSA) is 82.7 Å². The molecule has 0 aromatic heterocycles. The Labute approximate surface area is 86.2 Å². The van der Waals surface area contributed by atoms with Gasteiger partial charge in [-0.05, 0) is 6.07 Å². The molecule has 0 atom stereocenters. The van der Waals surface area contributed by atoms with Crippen LogP contribution in [0.5, 0.6) is 11.5 Å². The molecule has 5 nitrogen and oxygen atoms in total. The zero-order chi connectivity index (χ0) is 11.3. The van der Waals surface area contributed by atoms with E-state index in [1.807, 2.05) is 6.07 Å². The summed E-state index contributed by atoms with van der Waals surface area (Å²) >= 11 is 0. The molecule has 0 fully saturated rings. The Bertz CT molecular complexity index is 456. The van der Waals surface area contributed by atoms with Crippen LogP contribution in [0.2, 0.25) is 0 Å². The van der Waals surface area contributed by atoms with Crippen LogP contribution in [0.4, 0.5) is 0 Å². The van der Waals surface area contributed by atoms with Gasteiger partial charge in [0.1, 0.15) is 17.6 Å². The highest BCUT2D eigenvalue weighted by Crippen LogP contribution is 2.28. The molecule has 1 rings (SSSR count). The summed E-state index contributed by atoms with van der Waals surface area (Å²) in [6, 6.07) is 4.65. The number of benzene rings is 1. The molecule has 1 aromatic carbocycles. The fourth-order valence-corrected chi connectivity index (χ4v) is 1.11. The summed E-state index contributed by atoms with van der Waals surface area (Å²) in [5.74, 6) is 0.221. The van der Waals surface area contributed by atoms with E-state index in [-0.39, 0.29) is 23.6 Å². The van der Waals surface area contributed by atoms with E-state index in [9.17, 15) is 9.90 Å². The second-order valence-electron chi connectivity index (χ2n) is 2.70. The number of rotatable bonds is 3. The maximum Gasteiger partial charge on any atom is 0.235 e. The predicted octanol–water partition coefficient (Wildman–Crippen LogP) is 1.11. The van der Waals surface area contributed by atoms with Gasteiger partial charge in [0.15, 0.2) is 0 Å². The summed E-state index contributed by atoms with van der Waals surface area (Å²) < 4.78 is 4.89. The van der Waals surface area contributed by atoms with Gasteiger partial charge in [-0.2, -0.15) is 5.26 Å². The van der Waals surface area contributed by atoms with E-state index >= 15 is 0 Å². The lowest BCUT2D eigenvalue weighted by molar-refractivity contribution is 0.405. The first kappa shape index (κ1) is 10.8. The molecule has 0 aliphatic heterocycles. The molecule has 0 bridgehead atoms. The van der Waals surface area contributed by atoms with Gasteiger partial charge in [-0.25, -0.2) is 9.79 Å². The van der Waals surface area contributed by atoms with Crippen molar-refractivity contribution in [2.75, 3.05) is 7.11 Å². The third kappa shape index (κ3) is 2.33. The molecule has 15 heavy (non-hydrogen) atoms. The van der Waals surface area contributed by atoms with Gasteiger partial charge < -0.3 is 9.84 Å². The number of aliphatic imine (C=N–C) groups is 1. The lowest BCUT2D eigenvalue weighted by atomic mass is 10.1. The van der Waals surface area contributed by atoms with Gasteiger partial charge in [-0.3, -0.25) is 0 Å². The number of nitriles is 1. The number of phenols is 1. The fourth-order valence-electron chi connectivity index (χ4n) is 1.11. The normalized spacial score (nSPS) is 8.80. The van der Waals surface area contributed by atoms with E-state index in [1.54, 1.807) is 0 Å². The molecule has 0 spiro atoms. The first-order valence-electron chi connectivity index (χ1n) is 4.06. The van der Waals surface area contributed by atoms with Crippen molar-refractivity contribution in [2.45, 2.75) is 6.54 Å². The molecule has 0 saturated carbocycles. The number of hydrogen-bond donors (Lipinski definition) is 1.